The van der Waals surface area contributed by atoms with Crippen LogP contribution in [0.3, 0.4) is 0 Å². The second kappa shape index (κ2) is 5.89. The minimum absolute atomic E-state index is 1.14. The van der Waals surface area contributed by atoms with Crippen molar-refractivity contribution in [2.24, 2.45) is 0 Å². The summed E-state index contributed by atoms with van der Waals surface area (Å²) >= 11 is 0. The van der Waals surface area contributed by atoms with E-state index in [9.17, 15) is 0 Å². The fourth-order valence-electron chi connectivity index (χ4n) is 2.12. The molecule has 0 aliphatic rings. The quantitative estimate of drug-likeness (QED) is 0.636. The highest BCUT2D eigenvalue weighted by atomic mass is 14.1. The molecule has 16 heavy (non-hydrogen) atoms. The van der Waals surface area contributed by atoms with Crippen molar-refractivity contribution in [1.82, 2.24) is 0 Å². The van der Waals surface area contributed by atoms with Crippen LogP contribution in [0.2, 0.25) is 0 Å². The average molecular weight is 216 g/mol. The molecule has 0 unspecified atom stereocenters. The van der Waals surface area contributed by atoms with Crippen molar-refractivity contribution in [3.05, 3.63) is 46.0 Å². The van der Waals surface area contributed by atoms with Gasteiger partial charge in [-0.25, -0.2) is 0 Å². The zero-order valence-corrected chi connectivity index (χ0v) is 11.4. The highest BCUT2D eigenvalue weighted by molar-refractivity contribution is 5.38. The molecule has 0 amide bonds. The standard InChI is InChI=1S/C16H24/c1-6-12(3)8-9-16-11-13(4)10-15(7-2)14(16)5/h6,10-11H,7-9H2,1-5H3/b12-6+. The molecule has 0 spiro atoms. The monoisotopic (exact) mass is 216 g/mol. The maximum absolute atomic E-state index is 2.34. The lowest BCUT2D eigenvalue weighted by Gasteiger charge is -2.12. The third-order valence-electron chi connectivity index (χ3n) is 3.43. The van der Waals surface area contributed by atoms with Crippen LogP contribution in [-0.4, -0.2) is 0 Å². The van der Waals surface area contributed by atoms with Gasteiger partial charge in [0.15, 0.2) is 0 Å². The van der Waals surface area contributed by atoms with E-state index in [2.05, 4.69) is 52.8 Å². The fraction of sp³-hybridized carbons (Fsp3) is 0.500. The van der Waals surface area contributed by atoms with Gasteiger partial charge >= 0.3 is 0 Å². The largest absolute Gasteiger partial charge is 0.0887 e. The third kappa shape index (κ3) is 3.23. The highest BCUT2D eigenvalue weighted by Gasteiger charge is 2.04. The number of aryl methyl sites for hydroxylation is 3. The first-order chi connectivity index (χ1) is 7.58. The van der Waals surface area contributed by atoms with Gasteiger partial charge in [0, 0.05) is 0 Å². The minimum Gasteiger partial charge on any atom is -0.0887 e. The summed E-state index contributed by atoms with van der Waals surface area (Å²) in [5.74, 6) is 0. The van der Waals surface area contributed by atoms with Crippen molar-refractivity contribution in [1.29, 1.82) is 0 Å². The molecule has 0 heterocycles. The molecule has 0 N–H and O–H groups in total. The minimum atomic E-state index is 1.14. The molecular formula is C16H24. The summed E-state index contributed by atoms with van der Waals surface area (Å²) in [5, 5.41) is 0. The van der Waals surface area contributed by atoms with Crippen LogP contribution in [0.5, 0.6) is 0 Å². The van der Waals surface area contributed by atoms with Gasteiger partial charge in [-0.05, 0) is 63.6 Å². The predicted octanol–water partition coefficient (Wildman–Crippen LogP) is 4.76. The van der Waals surface area contributed by atoms with Gasteiger partial charge < -0.3 is 0 Å². The normalized spacial score (nSPS) is 11.9. The van der Waals surface area contributed by atoms with Crippen molar-refractivity contribution >= 4 is 0 Å². The molecule has 0 aliphatic heterocycles. The Bertz CT molecular complexity index is 383. The van der Waals surface area contributed by atoms with Gasteiger partial charge in [-0.2, -0.15) is 0 Å². The number of rotatable bonds is 4. The van der Waals surface area contributed by atoms with E-state index in [1.165, 1.54) is 40.7 Å². The Morgan fingerprint density at radius 1 is 1.19 bits per heavy atom. The summed E-state index contributed by atoms with van der Waals surface area (Å²) in [6, 6.07) is 4.67. The van der Waals surface area contributed by atoms with Crippen LogP contribution in [0.1, 0.15) is 49.4 Å². The molecule has 0 atom stereocenters. The Morgan fingerprint density at radius 2 is 1.81 bits per heavy atom. The maximum Gasteiger partial charge on any atom is -0.0239 e. The van der Waals surface area contributed by atoms with Crippen molar-refractivity contribution in [2.75, 3.05) is 0 Å². The van der Waals surface area contributed by atoms with Gasteiger partial charge in [0.2, 0.25) is 0 Å². The average Bonchev–Trinajstić information content (AvgIpc) is 2.29. The van der Waals surface area contributed by atoms with Crippen molar-refractivity contribution in [3.8, 4) is 0 Å². The van der Waals surface area contributed by atoms with Gasteiger partial charge in [0.05, 0.1) is 0 Å². The topological polar surface area (TPSA) is 0 Å². The van der Waals surface area contributed by atoms with Crippen LogP contribution >= 0.6 is 0 Å². The molecule has 0 aliphatic carbocycles. The molecule has 0 saturated carbocycles. The third-order valence-corrected chi connectivity index (χ3v) is 3.43. The Labute approximate surface area is 100 Å². The summed E-state index contributed by atoms with van der Waals surface area (Å²) in [4.78, 5) is 0. The highest BCUT2D eigenvalue weighted by Crippen LogP contribution is 2.20. The van der Waals surface area contributed by atoms with E-state index >= 15 is 0 Å². The number of hydrogen-bond donors (Lipinski definition) is 0. The van der Waals surface area contributed by atoms with E-state index in [1.807, 2.05) is 0 Å². The molecule has 0 bridgehead atoms. The predicted molar refractivity (Wildman–Crippen MR) is 73.0 cm³/mol. The number of allylic oxidation sites excluding steroid dienone is 2. The SMILES string of the molecule is C/C=C(\C)CCc1cc(C)cc(CC)c1C. The first-order valence-corrected chi connectivity index (χ1v) is 6.29. The lowest BCUT2D eigenvalue weighted by molar-refractivity contribution is 0.917. The molecule has 0 heteroatoms. The molecule has 88 valence electrons. The van der Waals surface area contributed by atoms with E-state index in [0.717, 1.165) is 6.42 Å². The lowest BCUT2D eigenvalue weighted by Crippen LogP contribution is -1.97. The Kier molecular flexibility index (Phi) is 4.79. The van der Waals surface area contributed by atoms with Gasteiger partial charge in [-0.15, -0.1) is 0 Å². The van der Waals surface area contributed by atoms with Crippen molar-refractivity contribution < 1.29 is 0 Å². The van der Waals surface area contributed by atoms with Gasteiger partial charge in [-0.1, -0.05) is 36.3 Å². The van der Waals surface area contributed by atoms with Crippen molar-refractivity contribution in [3.63, 3.8) is 0 Å². The van der Waals surface area contributed by atoms with Crippen LogP contribution in [0, 0.1) is 13.8 Å². The fourth-order valence-corrected chi connectivity index (χ4v) is 2.12. The van der Waals surface area contributed by atoms with E-state index in [-0.39, 0.29) is 0 Å². The Morgan fingerprint density at radius 3 is 2.38 bits per heavy atom. The van der Waals surface area contributed by atoms with Crippen LogP contribution in [0.4, 0.5) is 0 Å². The molecule has 0 radical (unpaired) electrons. The van der Waals surface area contributed by atoms with Crippen molar-refractivity contribution in [2.45, 2.75) is 53.9 Å². The maximum atomic E-state index is 2.34. The van der Waals surface area contributed by atoms with Crippen LogP contribution in [-0.2, 0) is 12.8 Å². The first kappa shape index (κ1) is 13.0. The smallest absolute Gasteiger partial charge is 0.0239 e. The number of benzene rings is 1. The molecule has 0 saturated heterocycles. The Balaban J connectivity index is 2.91. The first-order valence-electron chi connectivity index (χ1n) is 6.29. The van der Waals surface area contributed by atoms with E-state index in [1.54, 1.807) is 0 Å². The van der Waals surface area contributed by atoms with Crippen LogP contribution < -0.4 is 0 Å². The van der Waals surface area contributed by atoms with E-state index in [0.29, 0.717) is 0 Å². The van der Waals surface area contributed by atoms with E-state index < -0.39 is 0 Å². The van der Waals surface area contributed by atoms with Crippen LogP contribution in [0.25, 0.3) is 0 Å². The summed E-state index contributed by atoms with van der Waals surface area (Å²) in [6.45, 7) is 11.0. The second-order valence-electron chi connectivity index (χ2n) is 4.70. The summed E-state index contributed by atoms with van der Waals surface area (Å²) in [7, 11) is 0. The molecule has 0 nitrogen and oxygen atoms in total. The summed E-state index contributed by atoms with van der Waals surface area (Å²) in [6.07, 6.45) is 5.72. The second-order valence-corrected chi connectivity index (χ2v) is 4.70. The molecule has 1 aromatic carbocycles. The molecular weight excluding hydrogens is 192 g/mol. The molecule has 1 rings (SSSR count). The molecule has 0 fully saturated rings. The van der Waals surface area contributed by atoms with E-state index in [4.69, 9.17) is 0 Å². The summed E-state index contributed by atoms with van der Waals surface area (Å²) in [5.41, 5.74) is 7.41. The zero-order chi connectivity index (χ0) is 12.1. The molecule has 1 aromatic rings. The van der Waals surface area contributed by atoms with Gasteiger partial charge in [-0.3, -0.25) is 0 Å². The zero-order valence-electron chi connectivity index (χ0n) is 11.4. The Hall–Kier alpha value is -1.04. The number of hydrogen-bond acceptors (Lipinski definition) is 0. The van der Waals surface area contributed by atoms with Gasteiger partial charge in [0.25, 0.3) is 0 Å². The molecule has 0 aromatic heterocycles. The van der Waals surface area contributed by atoms with Crippen LogP contribution in [0.15, 0.2) is 23.8 Å². The summed E-state index contributed by atoms with van der Waals surface area (Å²) < 4.78 is 0. The van der Waals surface area contributed by atoms with Gasteiger partial charge in [0.1, 0.15) is 0 Å². The lowest BCUT2D eigenvalue weighted by atomic mass is 9.94.